The molecule has 0 fully saturated rings. The third kappa shape index (κ3) is 2.82. The number of nitro groups is 1. The number of aromatic nitrogens is 1. The first-order chi connectivity index (χ1) is 8.66. The molecule has 18 heavy (non-hydrogen) atoms. The molecule has 0 aliphatic heterocycles. The van der Waals surface area contributed by atoms with Crippen LogP contribution in [0.5, 0.6) is 0 Å². The van der Waals surface area contributed by atoms with Crippen LogP contribution in [0, 0.1) is 10.1 Å². The van der Waals surface area contributed by atoms with E-state index in [0.717, 1.165) is 17.8 Å². The van der Waals surface area contributed by atoms with Gasteiger partial charge in [0.1, 0.15) is 0 Å². The number of nitro benzene ring substituents is 1. The van der Waals surface area contributed by atoms with Crippen LogP contribution >= 0.6 is 0 Å². The van der Waals surface area contributed by atoms with Gasteiger partial charge in [-0.1, -0.05) is 0 Å². The van der Waals surface area contributed by atoms with E-state index in [4.69, 9.17) is 0 Å². The maximum atomic E-state index is 10.6. The Kier molecular flexibility index (Phi) is 3.52. The molecule has 5 heteroatoms. The third-order valence-electron chi connectivity index (χ3n) is 2.67. The molecule has 0 spiro atoms. The fraction of sp³-hybridized carbons (Fsp3) is 0.154. The van der Waals surface area contributed by atoms with E-state index in [2.05, 4.69) is 4.98 Å². The van der Waals surface area contributed by atoms with Gasteiger partial charge in [-0.05, 0) is 29.8 Å². The smallest absolute Gasteiger partial charge is 0.269 e. The van der Waals surface area contributed by atoms with Crippen LogP contribution < -0.4 is 4.90 Å². The second-order valence-corrected chi connectivity index (χ2v) is 3.99. The molecular formula is C13H13N3O2. The fourth-order valence-electron chi connectivity index (χ4n) is 1.68. The molecule has 0 bridgehead atoms. The topological polar surface area (TPSA) is 59.3 Å². The van der Waals surface area contributed by atoms with Gasteiger partial charge >= 0.3 is 0 Å². The van der Waals surface area contributed by atoms with Crippen molar-refractivity contribution in [2.24, 2.45) is 0 Å². The van der Waals surface area contributed by atoms with E-state index in [1.165, 1.54) is 12.1 Å². The highest BCUT2D eigenvalue weighted by Gasteiger charge is 2.06. The molecule has 0 aliphatic rings. The molecule has 2 rings (SSSR count). The predicted molar refractivity (Wildman–Crippen MR) is 69.4 cm³/mol. The number of hydrogen-bond acceptors (Lipinski definition) is 4. The molecule has 0 saturated carbocycles. The molecule has 5 nitrogen and oxygen atoms in total. The quantitative estimate of drug-likeness (QED) is 0.611. The number of anilines is 1. The minimum atomic E-state index is -0.396. The summed E-state index contributed by atoms with van der Waals surface area (Å²) in [6, 6.07) is 10.4. The van der Waals surface area contributed by atoms with Gasteiger partial charge in [0.15, 0.2) is 0 Å². The summed E-state index contributed by atoms with van der Waals surface area (Å²) in [5.41, 5.74) is 2.19. The van der Waals surface area contributed by atoms with Crippen molar-refractivity contribution in [3.05, 3.63) is 64.5 Å². The number of nitrogens with zero attached hydrogens (tertiary/aromatic N) is 3. The Bertz CT molecular complexity index is 526. The van der Waals surface area contributed by atoms with Gasteiger partial charge in [-0.3, -0.25) is 15.1 Å². The Morgan fingerprint density at radius 1 is 1.17 bits per heavy atom. The number of non-ortho nitro benzene ring substituents is 1. The average Bonchev–Trinajstić information content (AvgIpc) is 2.40. The standard InChI is InChI=1S/C13H13N3O2/c1-15(10-11-6-8-14-9-7-11)12-2-4-13(5-3-12)16(17)18/h2-9H,10H2,1H3. The Morgan fingerprint density at radius 2 is 1.78 bits per heavy atom. The predicted octanol–water partition coefficient (Wildman–Crippen LogP) is 2.63. The van der Waals surface area contributed by atoms with Gasteiger partial charge in [-0.15, -0.1) is 0 Å². The van der Waals surface area contributed by atoms with Gasteiger partial charge < -0.3 is 4.90 Å². The molecule has 1 heterocycles. The minimum Gasteiger partial charge on any atom is -0.370 e. The molecule has 0 radical (unpaired) electrons. The highest BCUT2D eigenvalue weighted by molar-refractivity contribution is 5.50. The highest BCUT2D eigenvalue weighted by atomic mass is 16.6. The van der Waals surface area contributed by atoms with Crippen LogP contribution in [0.2, 0.25) is 0 Å². The number of rotatable bonds is 4. The van der Waals surface area contributed by atoms with E-state index in [-0.39, 0.29) is 5.69 Å². The molecule has 2 aromatic rings. The molecule has 0 atom stereocenters. The van der Waals surface area contributed by atoms with E-state index in [0.29, 0.717) is 0 Å². The molecule has 0 unspecified atom stereocenters. The molecule has 0 aliphatic carbocycles. The molecule has 1 aromatic carbocycles. The first kappa shape index (κ1) is 12.0. The zero-order valence-electron chi connectivity index (χ0n) is 9.98. The normalized spacial score (nSPS) is 10.1. The first-order valence-corrected chi connectivity index (χ1v) is 5.51. The lowest BCUT2D eigenvalue weighted by Crippen LogP contribution is -2.16. The molecule has 0 N–H and O–H groups in total. The molecule has 1 aromatic heterocycles. The van der Waals surface area contributed by atoms with E-state index >= 15 is 0 Å². The van der Waals surface area contributed by atoms with Crippen molar-refractivity contribution in [3.8, 4) is 0 Å². The summed E-state index contributed by atoms with van der Waals surface area (Å²) < 4.78 is 0. The van der Waals surface area contributed by atoms with Crippen LogP contribution in [0.1, 0.15) is 5.56 Å². The number of benzene rings is 1. The van der Waals surface area contributed by atoms with Crippen molar-refractivity contribution >= 4 is 11.4 Å². The minimum absolute atomic E-state index is 0.107. The maximum absolute atomic E-state index is 10.6. The summed E-state index contributed by atoms with van der Waals surface area (Å²) in [5.74, 6) is 0. The first-order valence-electron chi connectivity index (χ1n) is 5.51. The molecule has 0 saturated heterocycles. The van der Waals surface area contributed by atoms with Gasteiger partial charge in [0.2, 0.25) is 0 Å². The SMILES string of the molecule is CN(Cc1ccncc1)c1ccc([N+](=O)[O-])cc1. The second kappa shape index (κ2) is 5.27. The van der Waals surface area contributed by atoms with Gasteiger partial charge in [0.25, 0.3) is 5.69 Å². The summed E-state index contributed by atoms with van der Waals surface area (Å²) in [7, 11) is 1.95. The average molecular weight is 243 g/mol. The van der Waals surface area contributed by atoms with Crippen LogP contribution in [0.15, 0.2) is 48.8 Å². The van der Waals surface area contributed by atoms with Crippen LogP contribution in [0.25, 0.3) is 0 Å². The summed E-state index contributed by atoms with van der Waals surface area (Å²) >= 11 is 0. The second-order valence-electron chi connectivity index (χ2n) is 3.99. The third-order valence-corrected chi connectivity index (χ3v) is 2.67. The lowest BCUT2D eigenvalue weighted by Gasteiger charge is -2.19. The van der Waals surface area contributed by atoms with Crippen molar-refractivity contribution in [3.63, 3.8) is 0 Å². The van der Waals surface area contributed by atoms with Gasteiger partial charge in [0, 0.05) is 43.8 Å². The molecular weight excluding hydrogens is 230 g/mol. The monoisotopic (exact) mass is 243 g/mol. The molecule has 0 amide bonds. The summed E-state index contributed by atoms with van der Waals surface area (Å²) in [5, 5.41) is 10.6. The zero-order chi connectivity index (χ0) is 13.0. The van der Waals surface area contributed by atoms with Crippen molar-refractivity contribution in [1.82, 2.24) is 4.98 Å². The van der Waals surface area contributed by atoms with Crippen molar-refractivity contribution in [2.45, 2.75) is 6.54 Å². The largest absolute Gasteiger partial charge is 0.370 e. The summed E-state index contributed by atoms with van der Waals surface area (Å²) in [6.07, 6.45) is 3.50. The Hall–Kier alpha value is -2.43. The van der Waals surface area contributed by atoms with Gasteiger partial charge in [-0.2, -0.15) is 0 Å². The number of hydrogen-bond donors (Lipinski definition) is 0. The van der Waals surface area contributed by atoms with Crippen molar-refractivity contribution < 1.29 is 4.92 Å². The number of pyridine rings is 1. The lowest BCUT2D eigenvalue weighted by atomic mass is 10.2. The van der Waals surface area contributed by atoms with Gasteiger partial charge in [0.05, 0.1) is 4.92 Å². The van der Waals surface area contributed by atoms with E-state index in [1.54, 1.807) is 24.5 Å². The van der Waals surface area contributed by atoms with Crippen LogP contribution in [0.3, 0.4) is 0 Å². The lowest BCUT2D eigenvalue weighted by molar-refractivity contribution is -0.384. The molecule has 92 valence electrons. The van der Waals surface area contributed by atoms with Crippen LogP contribution in [0.4, 0.5) is 11.4 Å². The van der Waals surface area contributed by atoms with Gasteiger partial charge in [-0.25, -0.2) is 0 Å². The van der Waals surface area contributed by atoms with Crippen LogP contribution in [-0.4, -0.2) is 17.0 Å². The summed E-state index contributed by atoms with van der Waals surface area (Å²) in [4.78, 5) is 16.2. The maximum Gasteiger partial charge on any atom is 0.269 e. The van der Waals surface area contributed by atoms with Crippen molar-refractivity contribution in [2.75, 3.05) is 11.9 Å². The summed E-state index contributed by atoms with van der Waals surface area (Å²) in [6.45, 7) is 0.736. The Morgan fingerprint density at radius 3 is 2.33 bits per heavy atom. The van der Waals surface area contributed by atoms with Crippen LogP contribution in [-0.2, 0) is 6.54 Å². The fourth-order valence-corrected chi connectivity index (χ4v) is 1.68. The van der Waals surface area contributed by atoms with E-state index in [1.807, 2.05) is 24.1 Å². The highest BCUT2D eigenvalue weighted by Crippen LogP contribution is 2.19. The van der Waals surface area contributed by atoms with Crippen molar-refractivity contribution in [1.29, 1.82) is 0 Å². The van der Waals surface area contributed by atoms with E-state index < -0.39 is 4.92 Å². The Labute approximate surface area is 105 Å². The van der Waals surface area contributed by atoms with E-state index in [9.17, 15) is 10.1 Å². The zero-order valence-corrected chi connectivity index (χ0v) is 9.98. The Balaban J connectivity index is 2.09.